The maximum Gasteiger partial charge on any atom is 0.303 e. The number of esters is 2. The highest BCUT2D eigenvalue weighted by atomic mass is 127. The number of rotatable bonds is 2. The number of alkyl halides is 2. The molecule has 1 aliphatic rings. The molecule has 98 valence electrons. The molecule has 0 radical (unpaired) electrons. The first kappa shape index (κ1) is 14.6. The minimum Gasteiger partial charge on any atom is -0.457 e. The van der Waals surface area contributed by atoms with E-state index in [2.05, 4.69) is 0 Å². The number of hydrogen-bond acceptors (Lipinski definition) is 5. The molecular formula is C10H14FIO5. The Morgan fingerprint density at radius 2 is 1.65 bits per heavy atom. The molecular weight excluding hydrogens is 346 g/mol. The van der Waals surface area contributed by atoms with Gasteiger partial charge in [0.1, 0.15) is 3.92 Å². The molecule has 0 aromatic rings. The van der Waals surface area contributed by atoms with Crippen molar-refractivity contribution in [2.24, 2.45) is 0 Å². The van der Waals surface area contributed by atoms with Gasteiger partial charge in [-0.25, -0.2) is 4.39 Å². The van der Waals surface area contributed by atoms with E-state index in [1.54, 1.807) is 29.5 Å². The van der Waals surface area contributed by atoms with Gasteiger partial charge < -0.3 is 14.2 Å². The molecule has 0 aromatic heterocycles. The van der Waals surface area contributed by atoms with Crippen LogP contribution in [0.4, 0.5) is 4.39 Å². The van der Waals surface area contributed by atoms with E-state index in [0.29, 0.717) is 0 Å². The Balaban J connectivity index is 2.86. The van der Waals surface area contributed by atoms with Crippen LogP contribution in [0, 0.1) is 0 Å². The van der Waals surface area contributed by atoms with Crippen molar-refractivity contribution < 1.29 is 28.2 Å². The first-order chi connectivity index (χ1) is 7.82. The van der Waals surface area contributed by atoms with E-state index in [4.69, 9.17) is 14.2 Å². The Labute approximate surface area is 112 Å². The smallest absolute Gasteiger partial charge is 0.303 e. The number of ether oxygens (including phenoxy) is 3. The van der Waals surface area contributed by atoms with Crippen LogP contribution in [0.1, 0.15) is 20.8 Å². The van der Waals surface area contributed by atoms with Gasteiger partial charge in [0.15, 0.2) is 12.2 Å². The highest BCUT2D eigenvalue weighted by Crippen LogP contribution is 2.31. The summed E-state index contributed by atoms with van der Waals surface area (Å²) >= 11 is 1.78. The maximum atomic E-state index is 13.5. The zero-order valence-electron chi connectivity index (χ0n) is 9.68. The number of hydrogen-bond donors (Lipinski definition) is 0. The molecule has 0 N–H and O–H groups in total. The maximum absolute atomic E-state index is 13.5. The first-order valence-electron chi connectivity index (χ1n) is 5.11. The van der Waals surface area contributed by atoms with Gasteiger partial charge in [0.05, 0.1) is 6.10 Å². The molecule has 0 aliphatic carbocycles. The lowest BCUT2D eigenvalue weighted by molar-refractivity contribution is -0.217. The lowest BCUT2D eigenvalue weighted by Gasteiger charge is -2.39. The average Bonchev–Trinajstić information content (AvgIpc) is 2.19. The summed E-state index contributed by atoms with van der Waals surface area (Å²) in [5, 5.41) is 0. The summed E-state index contributed by atoms with van der Waals surface area (Å²) in [5.74, 6) is -1.07. The van der Waals surface area contributed by atoms with Gasteiger partial charge >= 0.3 is 11.9 Å². The number of halogens is 2. The normalized spacial score (nSPS) is 37.4. The van der Waals surface area contributed by atoms with E-state index < -0.39 is 40.5 Å². The van der Waals surface area contributed by atoms with Crippen LogP contribution in [0.2, 0.25) is 0 Å². The molecule has 0 bridgehead atoms. The zero-order chi connectivity index (χ0) is 13.2. The second-order valence-electron chi connectivity index (χ2n) is 3.78. The molecule has 0 aromatic carbocycles. The molecule has 1 fully saturated rings. The second-order valence-corrected chi connectivity index (χ2v) is 5.22. The minimum absolute atomic E-state index is 0.525. The van der Waals surface area contributed by atoms with Crippen molar-refractivity contribution in [3.8, 4) is 0 Å². The lowest BCUT2D eigenvalue weighted by atomic mass is 10.0. The lowest BCUT2D eigenvalue weighted by Crippen LogP contribution is -2.56. The van der Waals surface area contributed by atoms with E-state index in [-0.39, 0.29) is 0 Å². The summed E-state index contributed by atoms with van der Waals surface area (Å²) in [6.07, 6.45) is -3.84. The second kappa shape index (κ2) is 5.94. The zero-order valence-corrected chi connectivity index (χ0v) is 11.8. The molecule has 1 heterocycles. The fourth-order valence-electron chi connectivity index (χ4n) is 1.63. The largest absolute Gasteiger partial charge is 0.457 e. The minimum atomic E-state index is -1.55. The summed E-state index contributed by atoms with van der Waals surface area (Å²) in [5.41, 5.74) is 0. The molecule has 5 atom stereocenters. The van der Waals surface area contributed by atoms with E-state index >= 15 is 0 Å². The highest BCUT2D eigenvalue weighted by Gasteiger charge is 2.47. The van der Waals surface area contributed by atoms with Crippen molar-refractivity contribution in [1.29, 1.82) is 0 Å². The topological polar surface area (TPSA) is 61.8 Å². The molecule has 1 aliphatic heterocycles. The molecule has 0 saturated carbocycles. The molecule has 5 nitrogen and oxygen atoms in total. The first-order valence-corrected chi connectivity index (χ1v) is 6.35. The fraction of sp³-hybridized carbons (Fsp3) is 0.800. The summed E-state index contributed by atoms with van der Waals surface area (Å²) < 4.78 is 27.8. The van der Waals surface area contributed by atoms with Crippen molar-refractivity contribution >= 4 is 34.5 Å². The van der Waals surface area contributed by atoms with Crippen molar-refractivity contribution in [1.82, 2.24) is 0 Å². The molecule has 17 heavy (non-hydrogen) atoms. The van der Waals surface area contributed by atoms with E-state index in [1.807, 2.05) is 0 Å². The van der Waals surface area contributed by atoms with E-state index in [1.165, 1.54) is 13.8 Å². The van der Waals surface area contributed by atoms with Gasteiger partial charge in [0, 0.05) is 13.8 Å². The van der Waals surface area contributed by atoms with Gasteiger partial charge in [-0.05, 0) is 6.92 Å². The van der Waals surface area contributed by atoms with Crippen LogP contribution in [0.5, 0.6) is 0 Å². The van der Waals surface area contributed by atoms with Crippen molar-refractivity contribution in [2.75, 3.05) is 0 Å². The molecule has 0 unspecified atom stereocenters. The van der Waals surface area contributed by atoms with Gasteiger partial charge in [0.25, 0.3) is 0 Å². The van der Waals surface area contributed by atoms with Gasteiger partial charge in [-0.15, -0.1) is 0 Å². The van der Waals surface area contributed by atoms with E-state index in [9.17, 15) is 14.0 Å². The SMILES string of the molecule is CC(=O)O[C@@H]1[C@@H](OC(C)=O)[C@H](I)[C@H](F)O[C@H]1C. The van der Waals surface area contributed by atoms with Crippen LogP contribution < -0.4 is 0 Å². The standard InChI is InChI=1S/C10H14FIO5/c1-4-8(16-5(2)13)9(17-6(3)14)7(12)10(11)15-4/h4,7-10H,1-3H3/t4-,7-,8-,9-,10+/m0/s1. The Bertz CT molecular complexity index is 311. The fourth-order valence-corrected chi connectivity index (χ4v) is 2.36. The summed E-state index contributed by atoms with van der Waals surface area (Å²) in [4.78, 5) is 21.9. The van der Waals surface area contributed by atoms with Gasteiger partial charge in [-0.1, -0.05) is 22.6 Å². The van der Waals surface area contributed by atoms with Crippen LogP contribution in [0.15, 0.2) is 0 Å². The third-order valence-electron chi connectivity index (χ3n) is 2.30. The molecule has 0 amide bonds. The molecule has 1 saturated heterocycles. The van der Waals surface area contributed by atoms with Crippen molar-refractivity contribution in [3.05, 3.63) is 0 Å². The summed E-state index contributed by atoms with van der Waals surface area (Å²) in [6.45, 7) is 4.03. The monoisotopic (exact) mass is 360 g/mol. The molecule has 0 spiro atoms. The Hall–Kier alpha value is -0.440. The summed E-state index contributed by atoms with van der Waals surface area (Å²) in [6, 6.07) is 0. The Morgan fingerprint density at radius 1 is 1.18 bits per heavy atom. The average molecular weight is 360 g/mol. The van der Waals surface area contributed by atoms with Crippen LogP contribution in [0.3, 0.4) is 0 Å². The van der Waals surface area contributed by atoms with Gasteiger partial charge in [-0.3, -0.25) is 9.59 Å². The Kier molecular flexibility index (Phi) is 5.11. The van der Waals surface area contributed by atoms with E-state index in [0.717, 1.165) is 0 Å². The van der Waals surface area contributed by atoms with Crippen LogP contribution in [-0.2, 0) is 23.8 Å². The quantitative estimate of drug-likeness (QED) is 0.423. The molecule has 1 rings (SSSR count). The molecule has 7 heteroatoms. The van der Waals surface area contributed by atoms with Crippen molar-refractivity contribution in [3.63, 3.8) is 0 Å². The van der Waals surface area contributed by atoms with Crippen LogP contribution >= 0.6 is 22.6 Å². The predicted molar refractivity (Wildman–Crippen MR) is 64.4 cm³/mol. The number of carbonyl (C=O) groups is 2. The third-order valence-corrected chi connectivity index (χ3v) is 3.57. The van der Waals surface area contributed by atoms with Crippen LogP contribution in [0.25, 0.3) is 0 Å². The third kappa shape index (κ3) is 3.77. The summed E-state index contributed by atoms with van der Waals surface area (Å²) in [7, 11) is 0. The van der Waals surface area contributed by atoms with Gasteiger partial charge in [-0.2, -0.15) is 0 Å². The highest BCUT2D eigenvalue weighted by molar-refractivity contribution is 14.1. The van der Waals surface area contributed by atoms with Crippen molar-refractivity contribution in [2.45, 2.75) is 49.4 Å². The number of carbonyl (C=O) groups excluding carboxylic acids is 2. The van der Waals surface area contributed by atoms with Crippen LogP contribution in [-0.4, -0.2) is 40.5 Å². The Morgan fingerprint density at radius 3 is 2.12 bits per heavy atom. The predicted octanol–water partition coefficient (Wildman–Crippen LogP) is 1.37. The van der Waals surface area contributed by atoms with Gasteiger partial charge in [0.2, 0.25) is 6.36 Å².